The van der Waals surface area contributed by atoms with E-state index in [0.29, 0.717) is 25.0 Å². The van der Waals surface area contributed by atoms with Crippen LogP contribution in [-0.2, 0) is 11.3 Å². The summed E-state index contributed by atoms with van der Waals surface area (Å²) in [7, 11) is -1.48. The highest BCUT2D eigenvalue weighted by Gasteiger charge is 2.25. The summed E-state index contributed by atoms with van der Waals surface area (Å²) in [6.07, 6.45) is 7.75. The van der Waals surface area contributed by atoms with Gasteiger partial charge in [-0.2, -0.15) is 5.10 Å². The Labute approximate surface area is 173 Å². The standard InChI is InChI=1S/C21H31BN4O3/c1-17(2)13-26(23)20(27)15-25(14-18-7-5-4-6-8-18)24-16-21(3)11-9-19(10-12-21)22(28)29/h4-11,16-17,28-29H,12-15,23H2,1-3H3/b24-16+. The van der Waals surface area contributed by atoms with Crippen LogP contribution in [0, 0.1) is 11.3 Å². The molecule has 0 fully saturated rings. The van der Waals surface area contributed by atoms with Crippen LogP contribution in [0.15, 0.2) is 59.1 Å². The third-order valence-corrected chi connectivity index (χ3v) is 4.66. The number of hydrogen-bond acceptors (Lipinski definition) is 6. The van der Waals surface area contributed by atoms with Gasteiger partial charge in [-0.3, -0.25) is 14.8 Å². The van der Waals surface area contributed by atoms with Crippen LogP contribution in [0.25, 0.3) is 0 Å². The number of nitrogens with zero attached hydrogens (tertiary/aromatic N) is 3. The molecule has 1 amide bonds. The number of carbonyl (C=O) groups is 1. The molecule has 156 valence electrons. The molecule has 8 heteroatoms. The average Bonchev–Trinajstić information content (AvgIpc) is 2.67. The van der Waals surface area contributed by atoms with E-state index >= 15 is 0 Å². The predicted octanol–water partition coefficient (Wildman–Crippen LogP) is 1.74. The lowest BCUT2D eigenvalue weighted by atomic mass is 9.72. The zero-order valence-electron chi connectivity index (χ0n) is 17.4. The number of allylic oxidation sites excluding steroid dienone is 4. The summed E-state index contributed by atoms with van der Waals surface area (Å²) in [5.74, 6) is 6.00. The number of hydrogen-bond donors (Lipinski definition) is 3. The Morgan fingerprint density at radius 2 is 2.03 bits per heavy atom. The van der Waals surface area contributed by atoms with Crippen molar-refractivity contribution in [3.05, 3.63) is 59.6 Å². The molecule has 1 aliphatic rings. The van der Waals surface area contributed by atoms with Gasteiger partial charge in [0.1, 0.15) is 6.54 Å². The van der Waals surface area contributed by atoms with Gasteiger partial charge in [-0.05, 0) is 23.4 Å². The van der Waals surface area contributed by atoms with E-state index in [1.807, 2.05) is 57.2 Å². The minimum atomic E-state index is -1.48. The minimum absolute atomic E-state index is 0.0743. The molecule has 1 atom stereocenters. The Bertz CT molecular complexity index is 764. The van der Waals surface area contributed by atoms with Crippen molar-refractivity contribution in [2.45, 2.75) is 33.7 Å². The molecule has 0 bridgehead atoms. The van der Waals surface area contributed by atoms with Gasteiger partial charge >= 0.3 is 7.12 Å². The van der Waals surface area contributed by atoms with E-state index < -0.39 is 7.12 Å². The summed E-state index contributed by atoms with van der Waals surface area (Å²) in [5, 5.41) is 26.1. The predicted molar refractivity (Wildman–Crippen MR) is 116 cm³/mol. The molecule has 1 unspecified atom stereocenters. The van der Waals surface area contributed by atoms with Gasteiger partial charge in [-0.1, -0.05) is 69.3 Å². The van der Waals surface area contributed by atoms with E-state index in [0.717, 1.165) is 5.56 Å². The Balaban J connectivity index is 2.11. The molecular weight excluding hydrogens is 367 g/mol. The molecule has 4 N–H and O–H groups in total. The van der Waals surface area contributed by atoms with Crippen molar-refractivity contribution in [1.29, 1.82) is 0 Å². The number of carbonyl (C=O) groups excluding carboxylic acids is 1. The van der Waals surface area contributed by atoms with Gasteiger partial charge in [0, 0.05) is 18.2 Å². The lowest BCUT2D eigenvalue weighted by molar-refractivity contribution is -0.133. The van der Waals surface area contributed by atoms with Crippen molar-refractivity contribution in [1.82, 2.24) is 10.0 Å². The van der Waals surface area contributed by atoms with Crippen LogP contribution in [-0.4, -0.2) is 52.4 Å². The van der Waals surface area contributed by atoms with Crippen LogP contribution in [0.5, 0.6) is 0 Å². The molecule has 2 rings (SSSR count). The Hall–Kier alpha value is -2.42. The summed E-state index contributed by atoms with van der Waals surface area (Å²) in [4.78, 5) is 12.5. The lowest BCUT2D eigenvalue weighted by Crippen LogP contribution is -2.44. The third-order valence-electron chi connectivity index (χ3n) is 4.66. The first-order valence-electron chi connectivity index (χ1n) is 9.83. The summed E-state index contributed by atoms with van der Waals surface area (Å²) >= 11 is 0. The van der Waals surface area contributed by atoms with Crippen molar-refractivity contribution in [3.8, 4) is 0 Å². The van der Waals surface area contributed by atoms with Crippen molar-refractivity contribution in [2.24, 2.45) is 22.3 Å². The van der Waals surface area contributed by atoms with E-state index in [4.69, 9.17) is 5.84 Å². The maximum absolute atomic E-state index is 12.5. The second-order valence-corrected chi connectivity index (χ2v) is 8.11. The van der Waals surface area contributed by atoms with Crippen LogP contribution in [0.2, 0.25) is 0 Å². The molecule has 0 radical (unpaired) electrons. The molecule has 0 spiro atoms. The van der Waals surface area contributed by atoms with Gasteiger partial charge in [-0.15, -0.1) is 0 Å². The fourth-order valence-corrected chi connectivity index (χ4v) is 2.94. The zero-order valence-corrected chi connectivity index (χ0v) is 17.4. The highest BCUT2D eigenvalue weighted by molar-refractivity contribution is 6.51. The number of amides is 1. The smallest absolute Gasteiger partial charge is 0.423 e. The summed E-state index contributed by atoms with van der Waals surface area (Å²) in [5.41, 5.74) is 1.14. The third kappa shape index (κ3) is 7.49. The molecule has 1 aliphatic carbocycles. The monoisotopic (exact) mass is 398 g/mol. The molecule has 0 saturated carbocycles. The van der Waals surface area contributed by atoms with Gasteiger partial charge in [0.25, 0.3) is 5.91 Å². The highest BCUT2D eigenvalue weighted by atomic mass is 16.4. The van der Waals surface area contributed by atoms with E-state index in [1.54, 1.807) is 23.4 Å². The average molecular weight is 398 g/mol. The van der Waals surface area contributed by atoms with Gasteiger partial charge in [-0.25, -0.2) is 5.84 Å². The van der Waals surface area contributed by atoms with Gasteiger partial charge in [0.15, 0.2) is 0 Å². The second-order valence-electron chi connectivity index (χ2n) is 8.11. The molecule has 7 nitrogen and oxygen atoms in total. The van der Waals surface area contributed by atoms with Crippen LogP contribution in [0.3, 0.4) is 0 Å². The first-order chi connectivity index (χ1) is 13.7. The Morgan fingerprint density at radius 1 is 1.34 bits per heavy atom. The minimum Gasteiger partial charge on any atom is -0.423 e. The molecule has 1 aromatic rings. The van der Waals surface area contributed by atoms with E-state index in [1.165, 1.54) is 5.01 Å². The normalized spacial score (nSPS) is 18.8. The van der Waals surface area contributed by atoms with Crippen LogP contribution >= 0.6 is 0 Å². The number of benzene rings is 1. The van der Waals surface area contributed by atoms with Crippen molar-refractivity contribution in [2.75, 3.05) is 13.1 Å². The maximum atomic E-state index is 12.5. The Kier molecular flexibility index (Phi) is 8.19. The molecule has 0 aliphatic heterocycles. The molecular formula is C21H31BN4O3. The number of hydrazine groups is 1. The first kappa shape index (κ1) is 22.9. The molecule has 1 aromatic carbocycles. The summed E-state index contributed by atoms with van der Waals surface area (Å²) in [6, 6.07) is 9.82. The van der Waals surface area contributed by atoms with E-state index in [-0.39, 0.29) is 23.8 Å². The second kappa shape index (κ2) is 10.4. The van der Waals surface area contributed by atoms with Crippen molar-refractivity contribution in [3.63, 3.8) is 0 Å². The van der Waals surface area contributed by atoms with Gasteiger partial charge < -0.3 is 10.0 Å². The SMILES string of the molecule is CC(C)CN(N)C(=O)CN(Cc1ccccc1)/N=C/C1(C)C=CC(B(O)O)=CC1. The van der Waals surface area contributed by atoms with Crippen molar-refractivity contribution >= 4 is 19.2 Å². The van der Waals surface area contributed by atoms with Gasteiger partial charge in [0.2, 0.25) is 0 Å². The number of hydrazone groups is 1. The fraction of sp³-hybridized carbons (Fsp3) is 0.429. The largest absolute Gasteiger partial charge is 0.488 e. The highest BCUT2D eigenvalue weighted by Crippen LogP contribution is 2.28. The number of nitrogens with two attached hydrogens (primary N) is 1. The summed E-state index contributed by atoms with van der Waals surface area (Å²) < 4.78 is 0. The summed E-state index contributed by atoms with van der Waals surface area (Å²) in [6.45, 7) is 7.06. The molecule has 29 heavy (non-hydrogen) atoms. The van der Waals surface area contributed by atoms with E-state index in [9.17, 15) is 14.8 Å². The lowest BCUT2D eigenvalue weighted by Gasteiger charge is -2.27. The fourth-order valence-electron chi connectivity index (χ4n) is 2.94. The van der Waals surface area contributed by atoms with E-state index in [2.05, 4.69) is 5.10 Å². The Morgan fingerprint density at radius 3 is 2.59 bits per heavy atom. The molecule has 0 heterocycles. The maximum Gasteiger partial charge on any atom is 0.488 e. The van der Waals surface area contributed by atoms with Crippen LogP contribution in [0.4, 0.5) is 0 Å². The quantitative estimate of drug-likeness (QED) is 0.193. The van der Waals surface area contributed by atoms with Crippen LogP contribution < -0.4 is 5.84 Å². The van der Waals surface area contributed by atoms with Gasteiger partial charge in [0.05, 0.1) is 6.54 Å². The van der Waals surface area contributed by atoms with Crippen molar-refractivity contribution < 1.29 is 14.8 Å². The molecule has 0 saturated heterocycles. The zero-order chi connectivity index (χ0) is 21.4. The number of rotatable bonds is 9. The topological polar surface area (TPSA) is 102 Å². The first-order valence-corrected chi connectivity index (χ1v) is 9.83. The molecule has 0 aromatic heterocycles. The van der Waals surface area contributed by atoms with Crippen LogP contribution in [0.1, 0.15) is 32.8 Å².